The molecule has 1 heterocycles. The highest BCUT2D eigenvalue weighted by Crippen LogP contribution is 2.28. The highest BCUT2D eigenvalue weighted by molar-refractivity contribution is 6.30. The van der Waals surface area contributed by atoms with E-state index in [2.05, 4.69) is 0 Å². The predicted octanol–water partition coefficient (Wildman–Crippen LogP) is 6.26. The molecule has 0 saturated carbocycles. The van der Waals surface area contributed by atoms with Crippen LogP contribution >= 0.6 is 11.6 Å². The first kappa shape index (κ1) is 20.7. The minimum atomic E-state index is -1.38. The van der Waals surface area contributed by atoms with E-state index in [9.17, 15) is 13.6 Å². The van der Waals surface area contributed by atoms with Gasteiger partial charge in [0.05, 0.1) is 6.54 Å². The van der Waals surface area contributed by atoms with Crippen molar-refractivity contribution in [1.82, 2.24) is 4.57 Å². The fraction of sp³-hybridized carbons (Fsp3) is 0.0870. The average Bonchev–Trinajstić information content (AvgIpc) is 3.10. The van der Waals surface area contributed by atoms with Crippen LogP contribution < -0.4 is 9.47 Å². The summed E-state index contributed by atoms with van der Waals surface area (Å²) < 4.78 is 39.5. The molecule has 0 aliphatic heterocycles. The van der Waals surface area contributed by atoms with Gasteiger partial charge in [0.15, 0.2) is 0 Å². The van der Waals surface area contributed by atoms with Crippen LogP contribution in [0.15, 0.2) is 66.9 Å². The number of rotatable bonds is 6. The first-order chi connectivity index (χ1) is 14.9. The third kappa shape index (κ3) is 4.78. The van der Waals surface area contributed by atoms with Crippen LogP contribution in [-0.4, -0.2) is 15.8 Å². The number of ether oxygens (including phenoxy) is 2. The van der Waals surface area contributed by atoms with E-state index in [1.165, 1.54) is 12.1 Å². The first-order valence-electron chi connectivity index (χ1n) is 9.24. The number of benzene rings is 3. The molecule has 3 aromatic carbocycles. The number of halogens is 3. The molecule has 1 N–H and O–H groups in total. The molecule has 8 heteroatoms. The molecule has 4 aromatic rings. The Morgan fingerprint density at radius 1 is 1.00 bits per heavy atom. The third-order valence-electron chi connectivity index (χ3n) is 4.71. The molecular weight excluding hydrogens is 428 g/mol. The van der Waals surface area contributed by atoms with Crippen LogP contribution in [0, 0.1) is 11.6 Å². The second-order valence-corrected chi connectivity index (χ2v) is 7.25. The van der Waals surface area contributed by atoms with Crippen LogP contribution in [0.3, 0.4) is 0 Å². The summed E-state index contributed by atoms with van der Waals surface area (Å²) in [4.78, 5) is 10.7. The third-order valence-corrected chi connectivity index (χ3v) is 4.94. The van der Waals surface area contributed by atoms with E-state index in [4.69, 9.17) is 26.2 Å². The fourth-order valence-corrected chi connectivity index (χ4v) is 3.47. The van der Waals surface area contributed by atoms with E-state index < -0.39 is 17.8 Å². The van der Waals surface area contributed by atoms with Gasteiger partial charge in [0, 0.05) is 39.3 Å². The number of carboxylic acid groups (broad SMARTS) is 1. The van der Waals surface area contributed by atoms with Crippen molar-refractivity contribution >= 4 is 28.7 Å². The lowest BCUT2D eigenvalue weighted by molar-refractivity contribution is 0.144. The van der Waals surface area contributed by atoms with Gasteiger partial charge in [-0.3, -0.25) is 0 Å². The van der Waals surface area contributed by atoms with Crippen LogP contribution in [0.5, 0.6) is 11.5 Å². The summed E-state index contributed by atoms with van der Waals surface area (Å²) in [6, 6.07) is 15.3. The van der Waals surface area contributed by atoms with Crippen LogP contribution in [-0.2, 0) is 13.2 Å². The normalized spacial score (nSPS) is 10.9. The van der Waals surface area contributed by atoms with Crippen molar-refractivity contribution in [3.05, 3.63) is 94.6 Å². The van der Waals surface area contributed by atoms with E-state index in [0.717, 1.165) is 22.5 Å². The van der Waals surface area contributed by atoms with E-state index in [1.54, 1.807) is 36.4 Å². The number of fused-ring (bicyclic) bond motifs is 1. The molecule has 0 atom stereocenters. The fourth-order valence-electron chi connectivity index (χ4n) is 3.27. The van der Waals surface area contributed by atoms with Crippen LogP contribution in [0.4, 0.5) is 13.6 Å². The Bertz CT molecular complexity index is 1270. The Balaban J connectivity index is 1.58. The molecule has 4 rings (SSSR count). The van der Waals surface area contributed by atoms with Crippen molar-refractivity contribution in [3.8, 4) is 11.5 Å². The summed E-state index contributed by atoms with van der Waals surface area (Å²) in [6.07, 6.45) is 0.469. The lowest BCUT2D eigenvalue weighted by Crippen LogP contribution is -2.05. The summed E-state index contributed by atoms with van der Waals surface area (Å²) in [6.45, 7) is 0.341. The van der Waals surface area contributed by atoms with Gasteiger partial charge in [0.1, 0.15) is 29.7 Å². The smallest absolute Gasteiger partial charge is 0.488 e. The van der Waals surface area contributed by atoms with Crippen molar-refractivity contribution in [2.75, 3.05) is 0 Å². The largest absolute Gasteiger partial charge is 0.511 e. The van der Waals surface area contributed by atoms with Gasteiger partial charge in [-0.15, -0.1) is 0 Å². The Hall–Kier alpha value is -3.58. The number of hydrogen-bond donors (Lipinski definition) is 1. The van der Waals surface area contributed by atoms with Gasteiger partial charge in [-0.25, -0.2) is 13.6 Å². The zero-order chi connectivity index (χ0) is 22.0. The molecule has 1 aromatic heterocycles. The Kier molecular flexibility index (Phi) is 5.77. The molecular formula is C23H16ClF2NO4. The molecule has 0 fully saturated rings. The monoisotopic (exact) mass is 443 g/mol. The van der Waals surface area contributed by atoms with E-state index in [0.29, 0.717) is 17.3 Å². The predicted molar refractivity (Wildman–Crippen MR) is 112 cm³/mol. The minimum Gasteiger partial charge on any atom is -0.488 e. The van der Waals surface area contributed by atoms with Crippen molar-refractivity contribution in [1.29, 1.82) is 0 Å². The molecule has 0 aliphatic carbocycles. The molecule has 0 bridgehead atoms. The van der Waals surface area contributed by atoms with E-state index in [-0.39, 0.29) is 17.9 Å². The standard InChI is InChI=1S/C23H16ClF2NO4/c24-17-2-6-22(30-13-15-1-3-18(25)11-20(15)26)16(9-17)12-27-8-7-14-10-19(31-23(28)29)4-5-21(14)27/h1-11H,12-13H2,(H,28,29). The summed E-state index contributed by atoms with van der Waals surface area (Å²) in [5, 5.41) is 10.1. The number of nitrogens with zero attached hydrogens (tertiary/aromatic N) is 1. The molecule has 0 saturated heterocycles. The second-order valence-electron chi connectivity index (χ2n) is 6.81. The first-order valence-corrected chi connectivity index (χ1v) is 9.61. The summed E-state index contributed by atoms with van der Waals surface area (Å²) in [7, 11) is 0. The summed E-state index contributed by atoms with van der Waals surface area (Å²) in [5.41, 5.74) is 1.85. The molecule has 0 radical (unpaired) electrons. The zero-order valence-corrected chi connectivity index (χ0v) is 16.8. The molecule has 5 nitrogen and oxygen atoms in total. The van der Waals surface area contributed by atoms with Crippen molar-refractivity contribution in [2.24, 2.45) is 0 Å². The van der Waals surface area contributed by atoms with Crippen molar-refractivity contribution < 1.29 is 28.2 Å². The Labute approximate surface area is 181 Å². The zero-order valence-electron chi connectivity index (χ0n) is 16.0. The van der Waals surface area contributed by atoms with Crippen molar-refractivity contribution in [2.45, 2.75) is 13.2 Å². The SMILES string of the molecule is O=C(O)Oc1ccc2c(ccn2Cc2cc(Cl)ccc2OCc2ccc(F)cc2F)c1. The maximum absolute atomic E-state index is 13.9. The molecule has 31 heavy (non-hydrogen) atoms. The average molecular weight is 444 g/mol. The van der Waals surface area contributed by atoms with Crippen LogP contribution in [0.2, 0.25) is 5.02 Å². The van der Waals surface area contributed by atoms with Gasteiger partial charge in [-0.2, -0.15) is 0 Å². The van der Waals surface area contributed by atoms with E-state index in [1.807, 2.05) is 16.8 Å². The summed E-state index contributed by atoms with van der Waals surface area (Å²) in [5.74, 6) is -0.581. The van der Waals surface area contributed by atoms with Gasteiger partial charge >= 0.3 is 6.16 Å². The van der Waals surface area contributed by atoms with E-state index >= 15 is 0 Å². The maximum Gasteiger partial charge on any atom is 0.511 e. The van der Waals surface area contributed by atoms with Crippen LogP contribution in [0.1, 0.15) is 11.1 Å². The Morgan fingerprint density at radius 3 is 2.61 bits per heavy atom. The van der Waals surface area contributed by atoms with Crippen molar-refractivity contribution in [3.63, 3.8) is 0 Å². The van der Waals surface area contributed by atoms with Gasteiger partial charge in [-0.1, -0.05) is 11.6 Å². The lowest BCUT2D eigenvalue weighted by Gasteiger charge is -2.14. The lowest BCUT2D eigenvalue weighted by atomic mass is 10.2. The maximum atomic E-state index is 13.9. The molecule has 0 spiro atoms. The Morgan fingerprint density at radius 2 is 1.84 bits per heavy atom. The minimum absolute atomic E-state index is 0.0664. The molecule has 0 unspecified atom stereocenters. The second kappa shape index (κ2) is 8.65. The molecule has 0 aliphatic rings. The van der Waals surface area contributed by atoms with Gasteiger partial charge in [-0.05, 0) is 54.6 Å². The van der Waals surface area contributed by atoms with Gasteiger partial charge in [0.25, 0.3) is 0 Å². The van der Waals surface area contributed by atoms with Gasteiger partial charge < -0.3 is 19.1 Å². The molecule has 158 valence electrons. The quantitative estimate of drug-likeness (QED) is 0.282. The topological polar surface area (TPSA) is 60.7 Å². The highest BCUT2D eigenvalue weighted by Gasteiger charge is 2.11. The van der Waals surface area contributed by atoms with Gasteiger partial charge in [0.2, 0.25) is 0 Å². The highest BCUT2D eigenvalue weighted by atomic mass is 35.5. The van der Waals surface area contributed by atoms with Crippen LogP contribution in [0.25, 0.3) is 10.9 Å². The number of carbonyl (C=O) groups is 1. The summed E-state index contributed by atoms with van der Waals surface area (Å²) >= 11 is 6.17. The molecule has 0 amide bonds. The number of aromatic nitrogens is 1. The number of hydrogen-bond acceptors (Lipinski definition) is 3.